The van der Waals surface area contributed by atoms with Gasteiger partial charge in [0.2, 0.25) is 10.0 Å². The Hall–Kier alpha value is -2.29. The molecule has 1 amide bonds. The van der Waals surface area contributed by atoms with Crippen LogP contribution in [0.15, 0.2) is 41.3 Å². The van der Waals surface area contributed by atoms with Crippen molar-refractivity contribution in [1.29, 1.82) is 0 Å². The molecule has 24 heavy (non-hydrogen) atoms. The van der Waals surface area contributed by atoms with Gasteiger partial charge in [-0.15, -0.1) is 0 Å². The number of Topliss-reactive ketones (excluding diaryl/α,β-unsaturated/α-hetero) is 1. The second kappa shape index (κ2) is 5.66. The minimum absolute atomic E-state index is 0.0590. The Morgan fingerprint density at radius 2 is 1.88 bits per heavy atom. The van der Waals surface area contributed by atoms with Crippen LogP contribution in [0.1, 0.15) is 15.9 Å². The van der Waals surface area contributed by atoms with Crippen LogP contribution in [-0.2, 0) is 21.4 Å². The Balaban J connectivity index is 2.07. The molecule has 0 spiro atoms. The molecule has 2 aromatic rings. The lowest BCUT2D eigenvalue weighted by atomic mass is 10.1. The monoisotopic (exact) mass is 368 g/mol. The number of amides is 1. The third-order valence-corrected chi connectivity index (χ3v) is 4.91. The number of ketones is 1. The molecule has 1 aliphatic heterocycles. The molecule has 124 valence electrons. The first-order valence-corrected chi connectivity index (χ1v) is 8.58. The molecule has 9 heteroatoms. The minimum Gasteiger partial charge on any atom is -0.300 e. The first kappa shape index (κ1) is 16.6. The summed E-state index contributed by atoms with van der Waals surface area (Å²) in [6.45, 7) is -0.252. The van der Waals surface area contributed by atoms with Crippen molar-refractivity contribution in [3.8, 4) is 0 Å². The summed E-state index contributed by atoms with van der Waals surface area (Å²) in [7, 11) is -4.02. The van der Waals surface area contributed by atoms with Gasteiger partial charge in [0.25, 0.3) is 11.7 Å². The predicted molar refractivity (Wildman–Crippen MR) is 84.7 cm³/mol. The highest BCUT2D eigenvalue weighted by Gasteiger charge is 2.37. The molecule has 0 unspecified atom stereocenters. The molecule has 0 aliphatic carbocycles. The van der Waals surface area contributed by atoms with Gasteiger partial charge in [-0.25, -0.2) is 17.9 Å². The van der Waals surface area contributed by atoms with Gasteiger partial charge in [0.15, 0.2) is 0 Å². The molecule has 0 aromatic heterocycles. The molecule has 0 bridgehead atoms. The number of anilines is 1. The summed E-state index contributed by atoms with van der Waals surface area (Å²) in [6.07, 6.45) is 0. The van der Waals surface area contributed by atoms with E-state index in [0.29, 0.717) is 0 Å². The molecule has 0 fully saturated rings. The van der Waals surface area contributed by atoms with E-state index in [0.717, 1.165) is 11.0 Å². The van der Waals surface area contributed by atoms with E-state index in [1.165, 1.54) is 30.3 Å². The third-order valence-electron chi connectivity index (χ3n) is 3.65. The highest BCUT2D eigenvalue weighted by atomic mass is 35.5. The van der Waals surface area contributed by atoms with Crippen LogP contribution in [0, 0.1) is 5.82 Å². The fraction of sp³-hybridized carbons (Fsp3) is 0.0667. The summed E-state index contributed by atoms with van der Waals surface area (Å²) in [5.74, 6) is -2.39. The number of nitrogens with two attached hydrogens (primary N) is 1. The topological polar surface area (TPSA) is 97.5 Å². The van der Waals surface area contributed by atoms with Gasteiger partial charge in [-0.2, -0.15) is 0 Å². The van der Waals surface area contributed by atoms with Crippen molar-refractivity contribution in [3.63, 3.8) is 0 Å². The second-order valence-corrected chi connectivity index (χ2v) is 7.11. The van der Waals surface area contributed by atoms with Gasteiger partial charge >= 0.3 is 0 Å². The average Bonchev–Trinajstić information content (AvgIpc) is 2.74. The summed E-state index contributed by atoms with van der Waals surface area (Å²) in [5, 5.41) is 5.14. The number of fused-ring (bicyclic) bond motifs is 1. The van der Waals surface area contributed by atoms with Gasteiger partial charge in [0.05, 0.1) is 22.7 Å². The Kier molecular flexibility index (Phi) is 3.90. The number of carbonyl (C=O) groups is 2. The number of hydrogen-bond acceptors (Lipinski definition) is 4. The average molecular weight is 369 g/mol. The predicted octanol–water partition coefficient (Wildman–Crippen LogP) is 1.86. The van der Waals surface area contributed by atoms with Crippen molar-refractivity contribution in [3.05, 3.63) is 58.4 Å². The van der Waals surface area contributed by atoms with Gasteiger partial charge in [-0.3, -0.25) is 9.59 Å². The smallest absolute Gasteiger partial charge is 0.299 e. The van der Waals surface area contributed by atoms with Gasteiger partial charge in [0.1, 0.15) is 5.82 Å². The van der Waals surface area contributed by atoms with E-state index in [1.54, 1.807) is 0 Å². The quantitative estimate of drug-likeness (QED) is 0.836. The number of halogens is 2. The van der Waals surface area contributed by atoms with Crippen LogP contribution in [0.4, 0.5) is 10.1 Å². The Bertz CT molecular complexity index is 971. The number of benzene rings is 2. The zero-order valence-electron chi connectivity index (χ0n) is 12.0. The van der Waals surface area contributed by atoms with E-state index in [1.807, 2.05) is 0 Å². The molecule has 2 N–H and O–H groups in total. The second-order valence-electron chi connectivity index (χ2n) is 5.14. The molecule has 0 saturated heterocycles. The maximum Gasteiger partial charge on any atom is 0.299 e. The number of primary sulfonamides is 1. The highest BCUT2D eigenvalue weighted by Crippen LogP contribution is 2.33. The zero-order chi connectivity index (χ0) is 17.6. The van der Waals surface area contributed by atoms with Crippen LogP contribution < -0.4 is 10.0 Å². The van der Waals surface area contributed by atoms with E-state index in [9.17, 15) is 22.4 Å². The summed E-state index contributed by atoms with van der Waals surface area (Å²) in [6, 6.07) is 7.57. The molecule has 0 radical (unpaired) electrons. The molecule has 2 aromatic carbocycles. The van der Waals surface area contributed by atoms with E-state index >= 15 is 0 Å². The van der Waals surface area contributed by atoms with Crippen molar-refractivity contribution in [2.45, 2.75) is 11.4 Å². The molecule has 3 rings (SSSR count). The van der Waals surface area contributed by atoms with Gasteiger partial charge in [0, 0.05) is 10.6 Å². The van der Waals surface area contributed by atoms with Gasteiger partial charge < -0.3 is 4.90 Å². The van der Waals surface area contributed by atoms with E-state index in [-0.39, 0.29) is 33.3 Å². The maximum atomic E-state index is 13.9. The van der Waals surface area contributed by atoms with Crippen molar-refractivity contribution in [1.82, 2.24) is 0 Å². The standard InChI is InChI=1S/C15H10ClFN2O4S/c16-11-2-1-3-12(17)10(11)7-19-13-5-4-8(24(18,22)23)6-9(13)14(20)15(19)21/h1-6H,7H2,(H2,18,22,23). The highest BCUT2D eigenvalue weighted by molar-refractivity contribution is 7.89. The Labute approximate surface area is 141 Å². The molecule has 1 aliphatic rings. The molecule has 1 heterocycles. The van der Waals surface area contributed by atoms with Gasteiger partial charge in [-0.1, -0.05) is 17.7 Å². The number of nitrogens with zero attached hydrogens (tertiary/aromatic N) is 1. The lowest BCUT2D eigenvalue weighted by Crippen LogP contribution is -2.29. The number of sulfonamides is 1. The maximum absolute atomic E-state index is 13.9. The Morgan fingerprint density at radius 3 is 2.50 bits per heavy atom. The largest absolute Gasteiger partial charge is 0.300 e. The van der Waals surface area contributed by atoms with Crippen molar-refractivity contribution in [2.24, 2.45) is 5.14 Å². The van der Waals surface area contributed by atoms with Crippen molar-refractivity contribution >= 4 is 39.0 Å². The van der Waals surface area contributed by atoms with Crippen LogP contribution in [0.5, 0.6) is 0 Å². The SMILES string of the molecule is NS(=O)(=O)c1ccc2c(c1)C(=O)C(=O)N2Cc1c(F)cccc1Cl. The van der Waals surface area contributed by atoms with Crippen LogP contribution in [0.2, 0.25) is 5.02 Å². The number of hydrogen-bond donors (Lipinski definition) is 1. The first-order chi connectivity index (χ1) is 11.2. The molecule has 6 nitrogen and oxygen atoms in total. The fourth-order valence-electron chi connectivity index (χ4n) is 2.46. The van der Waals surface area contributed by atoms with Crippen LogP contribution in [-0.4, -0.2) is 20.1 Å². The number of rotatable bonds is 3. The minimum atomic E-state index is -4.02. The lowest BCUT2D eigenvalue weighted by molar-refractivity contribution is -0.114. The normalized spacial score (nSPS) is 14.2. The van der Waals surface area contributed by atoms with Gasteiger partial charge in [-0.05, 0) is 30.3 Å². The van der Waals surface area contributed by atoms with Crippen molar-refractivity contribution < 1.29 is 22.4 Å². The zero-order valence-corrected chi connectivity index (χ0v) is 13.6. The van der Waals surface area contributed by atoms with Crippen LogP contribution in [0.25, 0.3) is 0 Å². The van der Waals surface area contributed by atoms with Crippen LogP contribution >= 0.6 is 11.6 Å². The molecular weight excluding hydrogens is 359 g/mol. The lowest BCUT2D eigenvalue weighted by Gasteiger charge is -2.18. The molecule has 0 atom stereocenters. The summed E-state index contributed by atoms with van der Waals surface area (Å²) >= 11 is 5.95. The summed E-state index contributed by atoms with van der Waals surface area (Å²) < 4.78 is 36.7. The number of carbonyl (C=O) groups excluding carboxylic acids is 2. The first-order valence-electron chi connectivity index (χ1n) is 6.66. The van der Waals surface area contributed by atoms with E-state index in [2.05, 4.69) is 0 Å². The summed E-state index contributed by atoms with van der Waals surface area (Å²) in [4.78, 5) is 25.0. The summed E-state index contributed by atoms with van der Waals surface area (Å²) in [5.41, 5.74) is 0.138. The van der Waals surface area contributed by atoms with Crippen LogP contribution in [0.3, 0.4) is 0 Å². The molecular formula is C15H10ClFN2O4S. The molecule has 0 saturated carbocycles. The van der Waals surface area contributed by atoms with Crippen molar-refractivity contribution in [2.75, 3.05) is 4.90 Å². The van der Waals surface area contributed by atoms with E-state index in [4.69, 9.17) is 16.7 Å². The van der Waals surface area contributed by atoms with E-state index < -0.39 is 27.5 Å². The fourth-order valence-corrected chi connectivity index (χ4v) is 3.22. The Morgan fingerprint density at radius 1 is 1.17 bits per heavy atom. The third kappa shape index (κ3) is 2.68.